The quantitative estimate of drug-likeness (QED) is 0.848. The van der Waals surface area contributed by atoms with Crippen LogP contribution in [0.1, 0.15) is 13.3 Å². The van der Waals surface area contributed by atoms with Gasteiger partial charge < -0.3 is 14.8 Å². The van der Waals surface area contributed by atoms with Gasteiger partial charge in [0.2, 0.25) is 0 Å². The third-order valence-corrected chi connectivity index (χ3v) is 3.63. The molecule has 0 aromatic carbocycles. The average molecular weight is 301 g/mol. The second kappa shape index (κ2) is 5.80. The molecule has 2 rings (SSSR count). The lowest BCUT2D eigenvalue weighted by molar-refractivity contribution is -0.118. The highest BCUT2D eigenvalue weighted by Crippen LogP contribution is 2.31. The van der Waals surface area contributed by atoms with Gasteiger partial charge in [-0.15, -0.1) is 0 Å². The van der Waals surface area contributed by atoms with Crippen LogP contribution in [-0.2, 0) is 9.47 Å². The van der Waals surface area contributed by atoms with Gasteiger partial charge in [0, 0.05) is 19.9 Å². The number of halogens is 1. The van der Waals surface area contributed by atoms with Gasteiger partial charge in [-0.05, 0) is 41.4 Å². The first-order chi connectivity index (χ1) is 8.26. The van der Waals surface area contributed by atoms with Crippen LogP contribution < -0.4 is 5.32 Å². The van der Waals surface area contributed by atoms with Gasteiger partial charge in [-0.3, -0.25) is 0 Å². The van der Waals surface area contributed by atoms with Gasteiger partial charge in [-0.1, -0.05) is 0 Å². The number of methoxy groups -OCH3 is 1. The van der Waals surface area contributed by atoms with Crippen molar-refractivity contribution in [1.82, 2.24) is 4.98 Å². The second-order valence-electron chi connectivity index (χ2n) is 4.02. The summed E-state index contributed by atoms with van der Waals surface area (Å²) < 4.78 is 11.9. The van der Waals surface area contributed by atoms with Crippen LogP contribution in [0.5, 0.6) is 0 Å². The average Bonchev–Trinajstić information content (AvgIpc) is 2.30. The molecule has 4 nitrogen and oxygen atoms in total. The molecule has 1 aromatic rings. The molecule has 1 aliphatic rings. The largest absolute Gasteiger partial charge is 0.377 e. The number of hydrogen-bond acceptors (Lipinski definition) is 4. The van der Waals surface area contributed by atoms with Crippen molar-refractivity contribution in [1.29, 1.82) is 0 Å². The van der Waals surface area contributed by atoms with Crippen molar-refractivity contribution in [2.75, 3.05) is 19.0 Å². The fourth-order valence-corrected chi connectivity index (χ4v) is 2.47. The second-order valence-corrected chi connectivity index (χ2v) is 4.77. The third kappa shape index (κ3) is 2.78. The zero-order valence-corrected chi connectivity index (χ0v) is 11.6. The maximum atomic E-state index is 5.59. The first-order valence-corrected chi connectivity index (χ1v) is 6.57. The molecule has 0 amide bonds. The van der Waals surface area contributed by atoms with E-state index in [4.69, 9.17) is 9.47 Å². The van der Waals surface area contributed by atoms with Crippen LogP contribution in [0.3, 0.4) is 0 Å². The topological polar surface area (TPSA) is 43.4 Å². The molecule has 0 radical (unpaired) electrons. The van der Waals surface area contributed by atoms with E-state index in [-0.39, 0.29) is 18.2 Å². The van der Waals surface area contributed by atoms with Crippen molar-refractivity contribution in [2.45, 2.75) is 31.6 Å². The summed E-state index contributed by atoms with van der Waals surface area (Å²) in [6, 6.07) is 4.20. The summed E-state index contributed by atoms with van der Waals surface area (Å²) in [6.07, 6.45) is 3.04. The number of anilines is 1. The molecule has 1 fully saturated rings. The molecule has 5 heteroatoms. The monoisotopic (exact) mass is 300 g/mol. The summed E-state index contributed by atoms with van der Waals surface area (Å²) in [5.74, 6) is 0. The van der Waals surface area contributed by atoms with E-state index in [2.05, 4.69) is 26.2 Å². The maximum Gasteiger partial charge on any atom is 0.129 e. The molecule has 94 valence electrons. The first kappa shape index (κ1) is 12.8. The van der Waals surface area contributed by atoms with E-state index in [9.17, 15) is 0 Å². The summed E-state index contributed by atoms with van der Waals surface area (Å²) in [5.41, 5.74) is 0.995. The van der Waals surface area contributed by atoms with Crippen LogP contribution >= 0.6 is 15.9 Å². The Kier molecular flexibility index (Phi) is 4.36. The van der Waals surface area contributed by atoms with Crippen LogP contribution in [0, 0.1) is 0 Å². The molecule has 1 heterocycles. The summed E-state index contributed by atoms with van der Waals surface area (Å²) in [6.45, 7) is 2.74. The van der Waals surface area contributed by atoms with Crippen LogP contribution in [-0.4, -0.2) is 37.0 Å². The molecule has 1 aliphatic carbocycles. The lowest BCUT2D eigenvalue weighted by atomic mass is 9.85. The van der Waals surface area contributed by atoms with Gasteiger partial charge in [0.05, 0.1) is 17.8 Å². The van der Waals surface area contributed by atoms with Gasteiger partial charge in [-0.2, -0.15) is 0 Å². The zero-order valence-electron chi connectivity index (χ0n) is 10.0. The highest BCUT2D eigenvalue weighted by molar-refractivity contribution is 9.10. The minimum Gasteiger partial charge on any atom is -0.377 e. The maximum absolute atomic E-state index is 5.59. The molecule has 1 saturated carbocycles. The Hall–Kier alpha value is -0.650. The molecule has 3 unspecified atom stereocenters. The van der Waals surface area contributed by atoms with E-state index in [1.807, 2.05) is 19.1 Å². The first-order valence-electron chi connectivity index (χ1n) is 5.77. The number of ether oxygens (including phenoxy) is 2. The zero-order chi connectivity index (χ0) is 12.3. The summed E-state index contributed by atoms with van der Waals surface area (Å²) in [7, 11) is 1.73. The minimum absolute atomic E-state index is 0.113. The lowest BCUT2D eigenvalue weighted by Gasteiger charge is -2.43. The van der Waals surface area contributed by atoms with Crippen LogP contribution in [0.15, 0.2) is 22.9 Å². The van der Waals surface area contributed by atoms with E-state index in [0.29, 0.717) is 0 Å². The van der Waals surface area contributed by atoms with Crippen molar-refractivity contribution < 1.29 is 9.47 Å². The molecule has 1 N–H and O–H groups in total. The molecule has 3 atom stereocenters. The van der Waals surface area contributed by atoms with Crippen molar-refractivity contribution in [3.05, 3.63) is 22.9 Å². The van der Waals surface area contributed by atoms with Crippen LogP contribution in [0.4, 0.5) is 5.69 Å². The normalized spacial score (nSPS) is 27.6. The Morgan fingerprint density at radius 3 is 3.06 bits per heavy atom. The Bertz CT molecular complexity index is 375. The molecule has 1 aromatic heterocycles. The fraction of sp³-hybridized carbons (Fsp3) is 0.583. The summed E-state index contributed by atoms with van der Waals surface area (Å²) in [4.78, 5) is 4.18. The Labute approximate surface area is 110 Å². The predicted octanol–water partition coefficient (Wildman–Crippen LogP) is 2.45. The fourth-order valence-electron chi connectivity index (χ4n) is 2.11. The van der Waals surface area contributed by atoms with Crippen molar-refractivity contribution in [3.63, 3.8) is 0 Å². The highest BCUT2D eigenvalue weighted by atomic mass is 79.9. The number of rotatable bonds is 5. The molecule has 17 heavy (non-hydrogen) atoms. The van der Waals surface area contributed by atoms with Crippen LogP contribution in [0.2, 0.25) is 0 Å². The summed E-state index contributed by atoms with van der Waals surface area (Å²) >= 11 is 3.42. The van der Waals surface area contributed by atoms with Gasteiger partial charge in [0.25, 0.3) is 0 Å². The number of aromatic nitrogens is 1. The van der Waals surface area contributed by atoms with E-state index in [1.54, 1.807) is 13.3 Å². The van der Waals surface area contributed by atoms with E-state index in [0.717, 1.165) is 23.3 Å². The van der Waals surface area contributed by atoms with Crippen LogP contribution in [0.25, 0.3) is 0 Å². The van der Waals surface area contributed by atoms with E-state index < -0.39 is 0 Å². The van der Waals surface area contributed by atoms with Crippen molar-refractivity contribution >= 4 is 21.6 Å². The van der Waals surface area contributed by atoms with Gasteiger partial charge in [-0.25, -0.2) is 4.98 Å². The number of nitrogens with one attached hydrogen (secondary N) is 1. The Balaban J connectivity index is 1.95. The van der Waals surface area contributed by atoms with Gasteiger partial charge in [0.15, 0.2) is 0 Å². The highest BCUT2D eigenvalue weighted by Gasteiger charge is 2.42. The van der Waals surface area contributed by atoms with Gasteiger partial charge >= 0.3 is 0 Å². The predicted molar refractivity (Wildman–Crippen MR) is 70.2 cm³/mol. The smallest absolute Gasteiger partial charge is 0.129 e. The number of hydrogen-bond donors (Lipinski definition) is 1. The minimum atomic E-state index is 0.113. The van der Waals surface area contributed by atoms with Gasteiger partial charge in [0.1, 0.15) is 10.7 Å². The molecule has 0 bridgehead atoms. The summed E-state index contributed by atoms with van der Waals surface area (Å²) in [5, 5.41) is 3.42. The number of pyridine rings is 1. The SMILES string of the molecule is CCOC1CC(Nc2cccnc2Br)C1OC. The molecule has 0 saturated heterocycles. The Morgan fingerprint density at radius 2 is 2.41 bits per heavy atom. The molecular formula is C12H17BrN2O2. The third-order valence-electron chi connectivity index (χ3n) is 3.00. The number of nitrogens with zero attached hydrogens (tertiary/aromatic N) is 1. The van der Waals surface area contributed by atoms with Crippen molar-refractivity contribution in [2.24, 2.45) is 0 Å². The standard InChI is InChI=1S/C12H17BrN2O2/c1-3-17-10-7-9(11(10)16-2)15-8-5-4-6-14-12(8)13/h4-6,9-11,15H,3,7H2,1-2H3. The molecule has 0 aliphatic heterocycles. The molecule has 0 spiro atoms. The van der Waals surface area contributed by atoms with E-state index >= 15 is 0 Å². The van der Waals surface area contributed by atoms with Crippen molar-refractivity contribution in [3.8, 4) is 0 Å². The molecular weight excluding hydrogens is 284 g/mol. The van der Waals surface area contributed by atoms with E-state index in [1.165, 1.54) is 0 Å². The lowest BCUT2D eigenvalue weighted by Crippen LogP contribution is -2.56. The Morgan fingerprint density at radius 1 is 1.59 bits per heavy atom.